The number of fused-ring (bicyclic) bond motifs is 1. The average Bonchev–Trinajstić information content (AvgIpc) is 2.95. The van der Waals surface area contributed by atoms with Gasteiger partial charge in [0.2, 0.25) is 5.91 Å². The Labute approximate surface area is 289 Å². The number of esters is 3. The summed E-state index contributed by atoms with van der Waals surface area (Å²) in [5.41, 5.74) is 4.72. The first-order valence-corrected chi connectivity index (χ1v) is 16.7. The predicted octanol–water partition coefficient (Wildman–Crippen LogP) is 4.23. The lowest BCUT2D eigenvalue weighted by Gasteiger charge is -2.27. The summed E-state index contributed by atoms with van der Waals surface area (Å²) in [6, 6.07) is 3.99. The predicted molar refractivity (Wildman–Crippen MR) is 186 cm³/mol. The van der Waals surface area contributed by atoms with Gasteiger partial charge in [-0.1, -0.05) is 12.1 Å². The fourth-order valence-electron chi connectivity index (χ4n) is 4.68. The Morgan fingerprint density at radius 1 is 0.755 bits per heavy atom. The van der Waals surface area contributed by atoms with Crippen molar-refractivity contribution in [1.82, 2.24) is 20.9 Å². The van der Waals surface area contributed by atoms with Crippen molar-refractivity contribution < 1.29 is 38.2 Å². The van der Waals surface area contributed by atoms with Crippen LogP contribution in [0.4, 0.5) is 4.79 Å². The van der Waals surface area contributed by atoms with Crippen molar-refractivity contribution in [1.29, 1.82) is 0 Å². The fourth-order valence-corrected chi connectivity index (χ4v) is 4.68. The summed E-state index contributed by atoms with van der Waals surface area (Å²) in [6.07, 6.45) is 4.77. The Bertz CT molecular complexity index is 1440. The summed E-state index contributed by atoms with van der Waals surface area (Å²) in [5, 5.41) is 10.0. The third-order valence-electron chi connectivity index (χ3n) is 6.77. The van der Waals surface area contributed by atoms with E-state index in [4.69, 9.17) is 19.9 Å². The first-order chi connectivity index (χ1) is 22.6. The van der Waals surface area contributed by atoms with E-state index in [1.807, 2.05) is 24.3 Å². The Morgan fingerprint density at radius 3 is 1.90 bits per heavy atom. The summed E-state index contributed by atoms with van der Waals surface area (Å²) >= 11 is 0. The van der Waals surface area contributed by atoms with Crippen molar-refractivity contribution in [3.63, 3.8) is 0 Å². The zero-order chi connectivity index (χ0) is 37.0. The molecule has 13 heteroatoms. The van der Waals surface area contributed by atoms with Crippen LogP contribution in [0.1, 0.15) is 100.0 Å². The van der Waals surface area contributed by atoms with Gasteiger partial charge in [-0.2, -0.15) is 0 Å². The van der Waals surface area contributed by atoms with Crippen molar-refractivity contribution in [3.05, 3.63) is 42.2 Å². The maximum absolute atomic E-state index is 13.1. The van der Waals surface area contributed by atoms with Crippen LogP contribution in [-0.2, 0) is 39.8 Å². The quantitative estimate of drug-likeness (QED) is 0.120. The molecule has 0 aliphatic rings. The third-order valence-corrected chi connectivity index (χ3v) is 6.77. The molecular formula is C36H55N5O8. The van der Waals surface area contributed by atoms with E-state index in [0.717, 1.165) is 16.3 Å². The molecule has 1 aromatic heterocycles. The van der Waals surface area contributed by atoms with Crippen LogP contribution >= 0.6 is 0 Å². The van der Waals surface area contributed by atoms with Crippen molar-refractivity contribution in [2.24, 2.45) is 5.73 Å². The fraction of sp³-hybridized carbons (Fsp3) is 0.611. The maximum atomic E-state index is 13.1. The molecule has 1 heterocycles. The largest absolute Gasteiger partial charge is 0.460 e. The van der Waals surface area contributed by atoms with Crippen LogP contribution in [0.15, 0.2) is 36.7 Å². The van der Waals surface area contributed by atoms with Gasteiger partial charge >= 0.3 is 23.9 Å². The average molecular weight is 686 g/mol. The smallest absolute Gasteiger partial charge is 0.329 e. The van der Waals surface area contributed by atoms with E-state index in [9.17, 15) is 24.0 Å². The molecule has 0 spiro atoms. The number of rotatable bonds is 15. The molecule has 0 saturated heterocycles. The molecule has 2 aromatic rings. The monoisotopic (exact) mass is 685 g/mol. The van der Waals surface area contributed by atoms with Crippen molar-refractivity contribution in [2.75, 3.05) is 6.54 Å². The lowest BCUT2D eigenvalue weighted by atomic mass is 10.0. The Hall–Kier alpha value is -4.26. The highest BCUT2D eigenvalue weighted by atomic mass is 16.6. The van der Waals surface area contributed by atoms with E-state index in [-0.39, 0.29) is 25.2 Å². The number of unbranched alkanes of at least 4 members (excludes halogenated alkanes) is 1. The number of hydrogen-bond acceptors (Lipinski definition) is 10. The molecule has 1 aromatic carbocycles. The molecule has 3 amide bonds. The highest BCUT2D eigenvalue weighted by molar-refractivity contribution is 5.88. The lowest BCUT2D eigenvalue weighted by Crippen LogP contribution is -2.53. The minimum atomic E-state index is -1.18. The number of pyridine rings is 1. The number of carbonyl (C=O) groups excluding carboxylic acids is 5. The molecule has 0 saturated carbocycles. The minimum Gasteiger partial charge on any atom is -0.460 e. The molecule has 0 aliphatic heterocycles. The van der Waals surface area contributed by atoms with Gasteiger partial charge in [-0.15, -0.1) is 0 Å². The third kappa shape index (κ3) is 16.6. The van der Waals surface area contributed by atoms with Gasteiger partial charge in [-0.25, -0.2) is 14.4 Å². The molecule has 272 valence electrons. The summed E-state index contributed by atoms with van der Waals surface area (Å²) in [6.45, 7) is 15.7. The van der Waals surface area contributed by atoms with Gasteiger partial charge < -0.3 is 35.9 Å². The number of benzene rings is 1. The first kappa shape index (κ1) is 40.9. The number of aromatic nitrogens is 1. The summed E-state index contributed by atoms with van der Waals surface area (Å²) in [7, 11) is 0. The van der Waals surface area contributed by atoms with Gasteiger partial charge in [0.15, 0.2) is 0 Å². The number of carbonyl (C=O) groups is 5. The molecule has 0 radical (unpaired) electrons. The number of ether oxygens (including phenoxy) is 3. The molecule has 3 atom stereocenters. The maximum Gasteiger partial charge on any atom is 0.329 e. The molecule has 0 aliphatic carbocycles. The van der Waals surface area contributed by atoms with Gasteiger partial charge in [0.1, 0.15) is 28.9 Å². The number of urea groups is 1. The number of nitrogens with two attached hydrogens (primary N) is 1. The second-order valence-electron chi connectivity index (χ2n) is 15.1. The van der Waals surface area contributed by atoms with Gasteiger partial charge in [-0.3, -0.25) is 14.6 Å². The zero-order valence-electron chi connectivity index (χ0n) is 30.4. The lowest BCUT2D eigenvalue weighted by molar-refractivity contribution is -0.159. The summed E-state index contributed by atoms with van der Waals surface area (Å²) in [4.78, 5) is 68.3. The van der Waals surface area contributed by atoms with E-state index in [1.54, 1.807) is 74.7 Å². The molecule has 5 N–H and O–H groups in total. The molecular weight excluding hydrogens is 630 g/mol. The second-order valence-corrected chi connectivity index (χ2v) is 15.1. The zero-order valence-corrected chi connectivity index (χ0v) is 30.4. The van der Waals surface area contributed by atoms with Crippen LogP contribution < -0.4 is 21.7 Å². The Kier molecular flexibility index (Phi) is 15.0. The number of hydrogen-bond donors (Lipinski definition) is 4. The van der Waals surface area contributed by atoms with Crippen LogP contribution in [0.5, 0.6) is 0 Å². The molecule has 49 heavy (non-hydrogen) atoms. The van der Waals surface area contributed by atoms with Crippen molar-refractivity contribution in [2.45, 2.75) is 136 Å². The van der Waals surface area contributed by atoms with Gasteiger partial charge in [-0.05, 0) is 118 Å². The van der Waals surface area contributed by atoms with E-state index < -0.39 is 58.9 Å². The summed E-state index contributed by atoms with van der Waals surface area (Å²) < 4.78 is 16.3. The van der Waals surface area contributed by atoms with Crippen LogP contribution in [0.25, 0.3) is 10.8 Å². The normalized spacial score (nSPS) is 13.8. The molecule has 0 bridgehead atoms. The second kappa shape index (κ2) is 17.9. The van der Waals surface area contributed by atoms with Crippen LogP contribution in [0, 0.1) is 0 Å². The molecule has 13 nitrogen and oxygen atoms in total. The van der Waals surface area contributed by atoms with E-state index in [0.29, 0.717) is 25.8 Å². The van der Waals surface area contributed by atoms with Crippen LogP contribution in [-0.4, -0.2) is 76.3 Å². The molecule has 0 unspecified atom stereocenters. The molecule has 2 rings (SSSR count). The van der Waals surface area contributed by atoms with Crippen LogP contribution in [0.3, 0.4) is 0 Å². The van der Waals surface area contributed by atoms with Gasteiger partial charge in [0.25, 0.3) is 0 Å². The van der Waals surface area contributed by atoms with Crippen molar-refractivity contribution >= 4 is 40.6 Å². The Morgan fingerprint density at radius 2 is 1.33 bits per heavy atom. The highest BCUT2D eigenvalue weighted by Gasteiger charge is 2.31. The van der Waals surface area contributed by atoms with E-state index in [1.165, 1.54) is 0 Å². The van der Waals surface area contributed by atoms with Crippen molar-refractivity contribution in [3.8, 4) is 0 Å². The van der Waals surface area contributed by atoms with Gasteiger partial charge in [0.05, 0.1) is 6.04 Å². The number of nitrogens with one attached hydrogen (secondary N) is 3. The Balaban J connectivity index is 1.97. The number of amides is 3. The van der Waals surface area contributed by atoms with E-state index in [2.05, 4.69) is 20.9 Å². The SMILES string of the molecule is CC(C)(C)OC(=O)CC[C@H](NC(=O)N[C@@H](CCCCNC(=O)[C@H](N)Cc1ccc2ccncc2c1)C(=O)OC(C)(C)C)C(=O)OC(C)(C)C. The topological polar surface area (TPSA) is 188 Å². The summed E-state index contributed by atoms with van der Waals surface area (Å²) in [5.74, 6) is -2.21. The standard InChI is InChI=1S/C36H55N5O8/c1-34(2,3)47-29(42)16-15-28(32(45)49-36(7,8)9)41-33(46)40-27(31(44)48-35(4,5)6)12-10-11-18-39-30(43)26(37)21-23-13-14-24-17-19-38-22-25(24)20-23/h13-14,17,19-20,22,26-28H,10-12,15-16,18,21,37H2,1-9H3,(H,39,43)(H2,40,41,46)/t26-,27+,28+/m1/s1. The van der Waals surface area contributed by atoms with Crippen LogP contribution in [0.2, 0.25) is 0 Å². The minimum absolute atomic E-state index is 0.0751. The first-order valence-electron chi connectivity index (χ1n) is 16.7. The number of nitrogens with zero attached hydrogens (tertiary/aromatic N) is 1. The van der Waals surface area contributed by atoms with E-state index >= 15 is 0 Å². The van der Waals surface area contributed by atoms with Gasteiger partial charge in [0, 0.05) is 30.7 Å². The highest BCUT2D eigenvalue weighted by Crippen LogP contribution is 2.17. The molecule has 0 fully saturated rings.